The third-order valence-corrected chi connectivity index (χ3v) is 4.43. The minimum Gasteiger partial charge on any atom is -0.454 e. The molecule has 5 rings (SSSR count). The molecule has 4 heterocycles. The zero-order chi connectivity index (χ0) is 15.4. The molecular formula is C16H14N4O3. The van der Waals surface area contributed by atoms with E-state index in [0.717, 1.165) is 35.3 Å². The van der Waals surface area contributed by atoms with Crippen LogP contribution in [0.4, 0.5) is 0 Å². The largest absolute Gasteiger partial charge is 0.454 e. The molecule has 23 heavy (non-hydrogen) atoms. The van der Waals surface area contributed by atoms with E-state index in [2.05, 4.69) is 20.3 Å². The molecule has 0 radical (unpaired) electrons. The van der Waals surface area contributed by atoms with Gasteiger partial charge in [0.15, 0.2) is 11.5 Å². The molecule has 0 saturated heterocycles. The van der Waals surface area contributed by atoms with E-state index < -0.39 is 0 Å². The Morgan fingerprint density at radius 1 is 1.17 bits per heavy atom. The van der Waals surface area contributed by atoms with Crippen LogP contribution in [0.25, 0.3) is 10.9 Å². The molecule has 0 spiro atoms. The van der Waals surface area contributed by atoms with Crippen molar-refractivity contribution in [3.63, 3.8) is 0 Å². The predicted molar refractivity (Wildman–Crippen MR) is 82.8 cm³/mol. The molecule has 0 aliphatic carbocycles. The molecule has 1 atom stereocenters. The van der Waals surface area contributed by atoms with E-state index in [1.807, 2.05) is 12.1 Å². The number of nitrogens with zero attached hydrogens (tertiary/aromatic N) is 1. The van der Waals surface area contributed by atoms with E-state index in [1.165, 1.54) is 0 Å². The second kappa shape index (κ2) is 4.60. The number of aromatic amines is 2. The highest BCUT2D eigenvalue weighted by atomic mass is 16.7. The van der Waals surface area contributed by atoms with Crippen molar-refractivity contribution >= 4 is 10.9 Å². The maximum absolute atomic E-state index is 12.6. The Kier molecular flexibility index (Phi) is 2.54. The Bertz CT molecular complexity index is 975. The summed E-state index contributed by atoms with van der Waals surface area (Å²) in [5, 5.41) is 4.29. The maximum Gasteiger partial charge on any atom is 0.253 e. The van der Waals surface area contributed by atoms with Crippen LogP contribution in [0.15, 0.2) is 29.3 Å². The summed E-state index contributed by atoms with van der Waals surface area (Å²) < 4.78 is 10.8. The van der Waals surface area contributed by atoms with E-state index in [4.69, 9.17) is 9.47 Å². The van der Waals surface area contributed by atoms with Gasteiger partial charge in [0.1, 0.15) is 0 Å². The average Bonchev–Trinajstić information content (AvgIpc) is 3.20. The molecular weight excluding hydrogens is 296 g/mol. The summed E-state index contributed by atoms with van der Waals surface area (Å²) in [5.74, 6) is 1.36. The van der Waals surface area contributed by atoms with Crippen LogP contribution in [-0.4, -0.2) is 28.3 Å². The lowest BCUT2D eigenvalue weighted by Gasteiger charge is -2.22. The van der Waals surface area contributed by atoms with Crippen LogP contribution in [-0.2, 0) is 6.42 Å². The van der Waals surface area contributed by atoms with Crippen LogP contribution in [0.5, 0.6) is 11.5 Å². The maximum atomic E-state index is 12.6. The molecule has 0 fully saturated rings. The molecule has 1 aromatic carbocycles. The van der Waals surface area contributed by atoms with Gasteiger partial charge in [-0.3, -0.25) is 4.79 Å². The molecule has 7 nitrogen and oxygen atoms in total. The van der Waals surface area contributed by atoms with Crippen molar-refractivity contribution in [2.45, 2.75) is 12.5 Å². The fourth-order valence-electron chi connectivity index (χ4n) is 3.30. The van der Waals surface area contributed by atoms with Crippen molar-refractivity contribution in [3.05, 3.63) is 51.8 Å². The Morgan fingerprint density at radius 2 is 2.04 bits per heavy atom. The van der Waals surface area contributed by atoms with Crippen LogP contribution < -0.4 is 20.3 Å². The average molecular weight is 310 g/mol. The Morgan fingerprint density at radius 3 is 2.96 bits per heavy atom. The van der Waals surface area contributed by atoms with Gasteiger partial charge >= 0.3 is 0 Å². The van der Waals surface area contributed by atoms with Crippen LogP contribution in [0, 0.1) is 0 Å². The lowest BCUT2D eigenvalue weighted by Crippen LogP contribution is -2.34. The summed E-state index contributed by atoms with van der Waals surface area (Å²) in [5.41, 5.74) is 3.25. The molecule has 3 N–H and O–H groups in total. The predicted octanol–water partition coefficient (Wildman–Crippen LogP) is 1.21. The normalized spacial score (nSPS) is 19.0. The zero-order valence-corrected chi connectivity index (χ0v) is 12.2. The summed E-state index contributed by atoms with van der Waals surface area (Å²) >= 11 is 0. The quantitative estimate of drug-likeness (QED) is 0.628. The van der Waals surface area contributed by atoms with Crippen molar-refractivity contribution in [2.24, 2.45) is 0 Å². The van der Waals surface area contributed by atoms with E-state index >= 15 is 0 Å². The van der Waals surface area contributed by atoms with Gasteiger partial charge in [0.05, 0.1) is 23.6 Å². The van der Waals surface area contributed by atoms with Crippen molar-refractivity contribution in [1.82, 2.24) is 20.3 Å². The van der Waals surface area contributed by atoms with Crippen molar-refractivity contribution in [3.8, 4) is 11.5 Å². The van der Waals surface area contributed by atoms with Crippen LogP contribution >= 0.6 is 0 Å². The highest BCUT2D eigenvalue weighted by molar-refractivity contribution is 5.83. The number of hydrogen-bond donors (Lipinski definition) is 3. The number of hydrogen-bond acceptors (Lipinski definition) is 5. The van der Waals surface area contributed by atoms with Crippen LogP contribution in [0.2, 0.25) is 0 Å². The van der Waals surface area contributed by atoms with Gasteiger partial charge in [-0.2, -0.15) is 0 Å². The Hall–Kier alpha value is -2.80. The number of benzene rings is 1. The number of H-pyrrole nitrogens is 2. The first-order valence-electron chi connectivity index (χ1n) is 7.52. The molecule has 7 heteroatoms. The number of rotatable bonds is 1. The van der Waals surface area contributed by atoms with Crippen molar-refractivity contribution in [1.29, 1.82) is 0 Å². The minimum absolute atomic E-state index is 0.121. The summed E-state index contributed by atoms with van der Waals surface area (Å²) in [6, 6.07) is 5.39. The fraction of sp³-hybridized carbons (Fsp3) is 0.250. The number of fused-ring (bicyclic) bond motifs is 3. The highest BCUT2D eigenvalue weighted by Gasteiger charge is 2.26. The highest BCUT2D eigenvalue weighted by Crippen LogP contribution is 2.36. The lowest BCUT2D eigenvalue weighted by molar-refractivity contribution is 0.174. The second-order valence-electron chi connectivity index (χ2n) is 5.75. The van der Waals surface area contributed by atoms with Gasteiger partial charge in [0.25, 0.3) is 5.56 Å². The van der Waals surface area contributed by atoms with E-state index in [1.54, 1.807) is 12.4 Å². The standard InChI is InChI=1S/C16H14N4O3/c21-16-9(14-15-10(1-2-17-14)18-6-19-15)3-8-4-12-13(23-7-22-12)5-11(8)20-16/h3-6,14,17H,1-2,7H2,(H,18,19)(H,20,21). The van der Waals surface area contributed by atoms with Gasteiger partial charge < -0.3 is 24.8 Å². The topological polar surface area (TPSA) is 92.0 Å². The van der Waals surface area contributed by atoms with Gasteiger partial charge in [-0.25, -0.2) is 4.98 Å². The van der Waals surface area contributed by atoms with E-state index in [9.17, 15) is 4.79 Å². The first-order chi connectivity index (χ1) is 11.3. The second-order valence-corrected chi connectivity index (χ2v) is 5.75. The van der Waals surface area contributed by atoms with Crippen molar-refractivity contribution < 1.29 is 9.47 Å². The molecule has 116 valence electrons. The first kappa shape index (κ1) is 12.7. The van der Waals surface area contributed by atoms with Crippen molar-refractivity contribution in [2.75, 3.05) is 13.3 Å². The fourth-order valence-corrected chi connectivity index (χ4v) is 3.30. The third kappa shape index (κ3) is 1.86. The number of nitrogens with one attached hydrogen (secondary N) is 3. The number of aromatic nitrogens is 3. The molecule has 0 saturated carbocycles. The number of ether oxygens (including phenoxy) is 2. The zero-order valence-electron chi connectivity index (χ0n) is 12.2. The SMILES string of the molecule is O=c1[nH]c2cc3c(cc2cc1C1NCCc2[nH]cnc21)OCO3. The molecule has 2 aliphatic heterocycles. The number of imidazole rings is 1. The van der Waals surface area contributed by atoms with Gasteiger partial charge in [-0.05, 0) is 12.1 Å². The first-order valence-corrected chi connectivity index (χ1v) is 7.52. The third-order valence-electron chi connectivity index (χ3n) is 4.43. The Labute approximate surface area is 130 Å². The smallest absolute Gasteiger partial charge is 0.253 e. The molecule has 2 aromatic heterocycles. The monoisotopic (exact) mass is 310 g/mol. The summed E-state index contributed by atoms with van der Waals surface area (Å²) in [4.78, 5) is 23.0. The van der Waals surface area contributed by atoms with Gasteiger partial charge in [-0.15, -0.1) is 0 Å². The summed E-state index contributed by atoms with van der Waals surface area (Å²) in [6.45, 7) is 1.02. The van der Waals surface area contributed by atoms with Gasteiger partial charge in [0.2, 0.25) is 6.79 Å². The molecule has 0 amide bonds. The van der Waals surface area contributed by atoms with E-state index in [-0.39, 0.29) is 18.4 Å². The molecule has 2 aliphatic rings. The molecule has 1 unspecified atom stereocenters. The minimum atomic E-state index is -0.205. The van der Waals surface area contributed by atoms with Crippen LogP contribution in [0.3, 0.4) is 0 Å². The Balaban J connectivity index is 1.70. The summed E-state index contributed by atoms with van der Waals surface area (Å²) in [7, 11) is 0. The van der Waals surface area contributed by atoms with Gasteiger partial charge in [-0.1, -0.05) is 0 Å². The van der Waals surface area contributed by atoms with Crippen LogP contribution in [0.1, 0.15) is 23.0 Å². The molecule has 3 aromatic rings. The lowest BCUT2D eigenvalue weighted by atomic mass is 9.98. The summed E-state index contributed by atoms with van der Waals surface area (Å²) in [6.07, 6.45) is 2.56. The van der Waals surface area contributed by atoms with Gasteiger partial charge in [0, 0.05) is 35.7 Å². The van der Waals surface area contributed by atoms with E-state index in [0.29, 0.717) is 17.1 Å². The number of pyridine rings is 1. The molecule has 0 bridgehead atoms.